The highest BCUT2D eigenvalue weighted by Crippen LogP contribution is 2.40. The fourth-order valence-electron chi connectivity index (χ4n) is 2.71. The molecule has 6 heteroatoms. The van der Waals surface area contributed by atoms with Gasteiger partial charge in [-0.15, -0.1) is 12.6 Å². The zero-order valence-corrected chi connectivity index (χ0v) is 13.0. The lowest BCUT2D eigenvalue weighted by Crippen LogP contribution is -2.29. The highest BCUT2D eigenvalue weighted by Gasteiger charge is 2.23. The van der Waals surface area contributed by atoms with Gasteiger partial charge in [-0.25, -0.2) is 4.79 Å². The molecule has 1 aromatic carbocycles. The van der Waals surface area contributed by atoms with Crippen molar-refractivity contribution in [3.05, 3.63) is 33.9 Å². The summed E-state index contributed by atoms with van der Waals surface area (Å²) in [5.74, 6) is 1.33. The Morgan fingerprint density at radius 3 is 2.57 bits per heavy atom. The first-order valence-corrected chi connectivity index (χ1v) is 7.07. The van der Waals surface area contributed by atoms with Crippen LogP contribution in [0.2, 0.25) is 0 Å². The Bertz CT molecular complexity index is 783. The highest BCUT2D eigenvalue weighted by atomic mass is 32.1. The van der Waals surface area contributed by atoms with Crippen molar-refractivity contribution in [1.82, 2.24) is 9.55 Å². The van der Waals surface area contributed by atoms with Gasteiger partial charge in [0.2, 0.25) is 0 Å². The van der Waals surface area contributed by atoms with Crippen molar-refractivity contribution in [2.24, 2.45) is 0 Å². The Hall–Kier alpha value is -1.95. The SMILES string of the molecule is COc1cc2c(cc1OC)-c1c(S)c(C)nc(=O)n1CC2. The summed E-state index contributed by atoms with van der Waals surface area (Å²) in [7, 11) is 3.21. The molecule has 0 spiro atoms. The summed E-state index contributed by atoms with van der Waals surface area (Å²) in [6.07, 6.45) is 0.751. The van der Waals surface area contributed by atoms with Crippen LogP contribution in [0.5, 0.6) is 11.5 Å². The molecule has 0 bridgehead atoms. The van der Waals surface area contributed by atoms with E-state index in [9.17, 15) is 4.79 Å². The van der Waals surface area contributed by atoms with E-state index in [1.165, 1.54) is 0 Å². The smallest absolute Gasteiger partial charge is 0.348 e. The molecule has 3 rings (SSSR count). The number of aryl methyl sites for hydroxylation is 2. The number of fused-ring (bicyclic) bond motifs is 3. The maximum absolute atomic E-state index is 12.1. The lowest BCUT2D eigenvalue weighted by atomic mass is 9.96. The Morgan fingerprint density at radius 2 is 1.90 bits per heavy atom. The van der Waals surface area contributed by atoms with Gasteiger partial charge in [-0.05, 0) is 31.0 Å². The Morgan fingerprint density at radius 1 is 1.24 bits per heavy atom. The average Bonchev–Trinajstić information content (AvgIpc) is 2.50. The molecule has 0 N–H and O–H groups in total. The van der Waals surface area contributed by atoms with Gasteiger partial charge < -0.3 is 9.47 Å². The molecule has 21 heavy (non-hydrogen) atoms. The quantitative estimate of drug-likeness (QED) is 0.863. The molecule has 0 saturated heterocycles. The summed E-state index contributed by atoms with van der Waals surface area (Å²) in [5.41, 5.74) is 3.27. The number of benzene rings is 1. The number of nitrogens with zero attached hydrogens (tertiary/aromatic N) is 2. The predicted octanol–water partition coefficient (Wildman–Crippen LogP) is 2.08. The van der Waals surface area contributed by atoms with E-state index < -0.39 is 0 Å². The van der Waals surface area contributed by atoms with E-state index in [4.69, 9.17) is 9.47 Å². The van der Waals surface area contributed by atoms with Gasteiger partial charge in [0, 0.05) is 12.1 Å². The molecule has 0 fully saturated rings. The van der Waals surface area contributed by atoms with Crippen LogP contribution < -0.4 is 15.2 Å². The average molecular weight is 304 g/mol. The molecular formula is C15H16N2O3S. The number of aromatic nitrogens is 2. The Kier molecular flexibility index (Phi) is 3.41. The summed E-state index contributed by atoms with van der Waals surface area (Å²) in [4.78, 5) is 16.8. The number of rotatable bonds is 2. The highest BCUT2D eigenvalue weighted by molar-refractivity contribution is 7.80. The van der Waals surface area contributed by atoms with Gasteiger partial charge in [0.1, 0.15) is 0 Å². The third kappa shape index (κ3) is 2.10. The molecule has 0 amide bonds. The van der Waals surface area contributed by atoms with Crippen molar-refractivity contribution in [1.29, 1.82) is 0 Å². The third-order valence-electron chi connectivity index (χ3n) is 3.80. The topological polar surface area (TPSA) is 53.4 Å². The van der Waals surface area contributed by atoms with E-state index in [0.717, 1.165) is 28.1 Å². The molecule has 0 unspecified atom stereocenters. The van der Waals surface area contributed by atoms with Crippen LogP contribution in [0.15, 0.2) is 21.8 Å². The second kappa shape index (κ2) is 5.11. The van der Waals surface area contributed by atoms with Gasteiger partial charge >= 0.3 is 5.69 Å². The first-order chi connectivity index (χ1) is 10.1. The van der Waals surface area contributed by atoms with E-state index in [0.29, 0.717) is 23.7 Å². The van der Waals surface area contributed by atoms with Crippen LogP contribution in [0.1, 0.15) is 11.3 Å². The van der Waals surface area contributed by atoms with Crippen LogP contribution in [0.4, 0.5) is 0 Å². The van der Waals surface area contributed by atoms with E-state index in [1.54, 1.807) is 25.7 Å². The standard InChI is InChI=1S/C15H16N2O3S/c1-8-14(21)13-10-7-12(20-3)11(19-2)6-9(10)4-5-17(13)15(18)16-8/h6-7,21H,4-5H2,1-3H3. The molecule has 2 heterocycles. The van der Waals surface area contributed by atoms with Crippen LogP contribution in [0, 0.1) is 6.92 Å². The molecule has 1 aliphatic rings. The van der Waals surface area contributed by atoms with Gasteiger partial charge in [0.25, 0.3) is 0 Å². The van der Waals surface area contributed by atoms with Crippen molar-refractivity contribution in [2.75, 3.05) is 14.2 Å². The molecule has 2 aromatic rings. The van der Waals surface area contributed by atoms with E-state index in [-0.39, 0.29) is 5.69 Å². The minimum absolute atomic E-state index is 0.235. The Labute approximate surface area is 128 Å². The van der Waals surface area contributed by atoms with Crippen molar-refractivity contribution >= 4 is 12.6 Å². The molecule has 0 saturated carbocycles. The number of thiol groups is 1. The van der Waals surface area contributed by atoms with Crippen LogP contribution in [-0.4, -0.2) is 23.8 Å². The third-order valence-corrected chi connectivity index (χ3v) is 4.34. The molecule has 0 radical (unpaired) electrons. The van der Waals surface area contributed by atoms with Gasteiger partial charge in [-0.2, -0.15) is 4.98 Å². The first kappa shape index (κ1) is 14.0. The van der Waals surface area contributed by atoms with E-state index >= 15 is 0 Å². The zero-order chi connectivity index (χ0) is 15.1. The number of methoxy groups -OCH3 is 2. The molecule has 110 valence electrons. The number of hydrogen-bond donors (Lipinski definition) is 1. The van der Waals surface area contributed by atoms with E-state index in [1.807, 2.05) is 12.1 Å². The van der Waals surface area contributed by atoms with Gasteiger partial charge in [0.15, 0.2) is 11.5 Å². The molecular weight excluding hydrogens is 288 g/mol. The summed E-state index contributed by atoms with van der Waals surface area (Å²) in [5, 5.41) is 0. The zero-order valence-electron chi connectivity index (χ0n) is 12.1. The second-order valence-electron chi connectivity index (χ2n) is 4.94. The van der Waals surface area contributed by atoms with Crippen molar-refractivity contribution in [3.63, 3.8) is 0 Å². The van der Waals surface area contributed by atoms with Crippen molar-refractivity contribution in [3.8, 4) is 22.8 Å². The van der Waals surface area contributed by atoms with Crippen LogP contribution in [-0.2, 0) is 13.0 Å². The minimum atomic E-state index is -0.235. The van der Waals surface area contributed by atoms with Crippen LogP contribution >= 0.6 is 12.6 Å². The van der Waals surface area contributed by atoms with Crippen LogP contribution in [0.25, 0.3) is 11.3 Å². The monoisotopic (exact) mass is 304 g/mol. The van der Waals surface area contributed by atoms with Gasteiger partial charge in [-0.3, -0.25) is 4.57 Å². The van der Waals surface area contributed by atoms with E-state index in [2.05, 4.69) is 17.6 Å². The fourth-order valence-corrected chi connectivity index (χ4v) is 3.00. The molecule has 1 aromatic heterocycles. The Balaban J connectivity index is 2.34. The summed E-state index contributed by atoms with van der Waals surface area (Å²) in [6.45, 7) is 2.39. The maximum Gasteiger partial charge on any atom is 0.348 e. The maximum atomic E-state index is 12.1. The predicted molar refractivity (Wildman–Crippen MR) is 82.7 cm³/mol. The lowest BCUT2D eigenvalue weighted by Gasteiger charge is -2.24. The summed E-state index contributed by atoms with van der Waals surface area (Å²) >= 11 is 4.54. The number of hydrogen-bond acceptors (Lipinski definition) is 5. The van der Waals surface area contributed by atoms with Crippen molar-refractivity contribution in [2.45, 2.75) is 24.8 Å². The normalized spacial score (nSPS) is 12.6. The fraction of sp³-hybridized carbons (Fsp3) is 0.333. The second-order valence-corrected chi connectivity index (χ2v) is 5.39. The molecule has 1 aliphatic heterocycles. The van der Waals surface area contributed by atoms with Gasteiger partial charge in [-0.1, -0.05) is 0 Å². The molecule has 0 aliphatic carbocycles. The molecule has 5 nitrogen and oxygen atoms in total. The van der Waals surface area contributed by atoms with Crippen LogP contribution in [0.3, 0.4) is 0 Å². The van der Waals surface area contributed by atoms with Crippen molar-refractivity contribution < 1.29 is 9.47 Å². The lowest BCUT2D eigenvalue weighted by molar-refractivity contribution is 0.354. The molecule has 0 atom stereocenters. The first-order valence-electron chi connectivity index (χ1n) is 6.62. The number of ether oxygens (including phenoxy) is 2. The minimum Gasteiger partial charge on any atom is -0.493 e. The van der Waals surface area contributed by atoms with Gasteiger partial charge in [0.05, 0.1) is 30.5 Å². The summed E-state index contributed by atoms with van der Waals surface area (Å²) in [6, 6.07) is 3.86. The summed E-state index contributed by atoms with van der Waals surface area (Å²) < 4.78 is 12.4. The largest absolute Gasteiger partial charge is 0.493 e.